The standard InChI is InChI=1S/C12H22N2O2/c1-10(2)3-8-14-9-12(16-11(14)15)4-6-13-7-5-12/h10,13H,3-9H2,1-2H3. The molecule has 1 amide bonds. The fourth-order valence-electron chi connectivity index (χ4n) is 2.42. The molecule has 0 saturated carbocycles. The summed E-state index contributed by atoms with van der Waals surface area (Å²) in [5, 5.41) is 3.31. The van der Waals surface area contributed by atoms with Crippen molar-refractivity contribution in [2.75, 3.05) is 26.2 Å². The summed E-state index contributed by atoms with van der Waals surface area (Å²) in [5.41, 5.74) is -0.181. The Morgan fingerprint density at radius 2 is 2.12 bits per heavy atom. The third-order valence-electron chi connectivity index (χ3n) is 3.53. The molecule has 1 N–H and O–H groups in total. The van der Waals surface area contributed by atoms with Crippen molar-refractivity contribution in [3.63, 3.8) is 0 Å². The van der Waals surface area contributed by atoms with Gasteiger partial charge in [0.2, 0.25) is 0 Å². The quantitative estimate of drug-likeness (QED) is 0.795. The number of carbonyl (C=O) groups is 1. The molecule has 0 atom stereocenters. The van der Waals surface area contributed by atoms with Crippen LogP contribution in [0.1, 0.15) is 33.1 Å². The van der Waals surface area contributed by atoms with Crippen LogP contribution in [0.3, 0.4) is 0 Å². The van der Waals surface area contributed by atoms with Gasteiger partial charge in [0.1, 0.15) is 5.60 Å². The van der Waals surface area contributed by atoms with Gasteiger partial charge in [0.15, 0.2) is 0 Å². The number of amides is 1. The lowest BCUT2D eigenvalue weighted by atomic mass is 9.92. The van der Waals surface area contributed by atoms with E-state index in [0.29, 0.717) is 5.92 Å². The zero-order valence-electron chi connectivity index (χ0n) is 10.3. The minimum atomic E-state index is -0.181. The molecule has 2 saturated heterocycles. The van der Waals surface area contributed by atoms with Gasteiger partial charge in [0.25, 0.3) is 0 Å². The third-order valence-corrected chi connectivity index (χ3v) is 3.53. The van der Waals surface area contributed by atoms with E-state index in [4.69, 9.17) is 4.74 Å². The second-order valence-electron chi connectivity index (χ2n) is 5.41. The second-order valence-corrected chi connectivity index (χ2v) is 5.41. The Balaban J connectivity index is 1.90. The molecule has 0 aromatic heterocycles. The maximum Gasteiger partial charge on any atom is 0.410 e. The van der Waals surface area contributed by atoms with Crippen molar-refractivity contribution in [3.8, 4) is 0 Å². The zero-order chi connectivity index (χ0) is 11.6. The van der Waals surface area contributed by atoms with Crippen LogP contribution in [0.15, 0.2) is 0 Å². The molecule has 0 aliphatic carbocycles. The molecule has 16 heavy (non-hydrogen) atoms. The van der Waals surface area contributed by atoms with Crippen LogP contribution in [0.5, 0.6) is 0 Å². The number of carbonyl (C=O) groups excluding carboxylic acids is 1. The van der Waals surface area contributed by atoms with Crippen LogP contribution in [-0.4, -0.2) is 42.8 Å². The second kappa shape index (κ2) is 4.62. The summed E-state index contributed by atoms with van der Waals surface area (Å²) in [7, 11) is 0. The Morgan fingerprint density at radius 1 is 1.44 bits per heavy atom. The van der Waals surface area contributed by atoms with Crippen LogP contribution in [0, 0.1) is 5.92 Å². The van der Waals surface area contributed by atoms with E-state index >= 15 is 0 Å². The summed E-state index contributed by atoms with van der Waals surface area (Å²) in [6, 6.07) is 0. The van der Waals surface area contributed by atoms with Crippen LogP contribution in [-0.2, 0) is 4.74 Å². The third kappa shape index (κ3) is 2.48. The first kappa shape index (κ1) is 11.7. The van der Waals surface area contributed by atoms with E-state index in [1.54, 1.807) is 0 Å². The Kier molecular flexibility index (Phi) is 3.38. The van der Waals surface area contributed by atoms with Crippen molar-refractivity contribution >= 4 is 6.09 Å². The molecule has 4 nitrogen and oxygen atoms in total. The molecular formula is C12H22N2O2. The lowest BCUT2D eigenvalue weighted by Crippen LogP contribution is -2.44. The highest BCUT2D eigenvalue weighted by Crippen LogP contribution is 2.31. The average Bonchev–Trinajstić information content (AvgIpc) is 2.53. The van der Waals surface area contributed by atoms with E-state index in [-0.39, 0.29) is 11.7 Å². The van der Waals surface area contributed by atoms with Crippen LogP contribution in [0.2, 0.25) is 0 Å². The van der Waals surface area contributed by atoms with Crippen molar-refractivity contribution in [1.82, 2.24) is 10.2 Å². The maximum atomic E-state index is 11.7. The normalized spacial score (nSPS) is 24.2. The molecule has 0 bridgehead atoms. The highest BCUT2D eigenvalue weighted by Gasteiger charge is 2.45. The van der Waals surface area contributed by atoms with Gasteiger partial charge >= 0.3 is 6.09 Å². The molecule has 0 aromatic rings. The summed E-state index contributed by atoms with van der Waals surface area (Å²) >= 11 is 0. The SMILES string of the molecule is CC(C)CCN1CC2(CCNCC2)OC1=O. The smallest absolute Gasteiger partial charge is 0.410 e. The molecule has 4 heteroatoms. The summed E-state index contributed by atoms with van der Waals surface area (Å²) in [5.74, 6) is 0.636. The van der Waals surface area contributed by atoms with Gasteiger partial charge in [-0.05, 0) is 25.4 Å². The predicted octanol–water partition coefficient (Wildman–Crippen LogP) is 1.61. The van der Waals surface area contributed by atoms with Crippen LogP contribution >= 0.6 is 0 Å². The van der Waals surface area contributed by atoms with Crippen LogP contribution < -0.4 is 5.32 Å². The highest BCUT2D eigenvalue weighted by atomic mass is 16.6. The van der Waals surface area contributed by atoms with Crippen LogP contribution in [0.25, 0.3) is 0 Å². The first-order chi connectivity index (χ1) is 7.61. The number of ether oxygens (including phenoxy) is 1. The number of nitrogens with zero attached hydrogens (tertiary/aromatic N) is 1. The number of nitrogens with one attached hydrogen (secondary N) is 1. The largest absolute Gasteiger partial charge is 0.441 e. The van der Waals surface area contributed by atoms with Gasteiger partial charge in [-0.2, -0.15) is 0 Å². The molecule has 2 rings (SSSR count). The van der Waals surface area contributed by atoms with E-state index < -0.39 is 0 Å². The van der Waals surface area contributed by atoms with E-state index in [1.165, 1.54) is 0 Å². The van der Waals surface area contributed by atoms with Crippen LogP contribution in [0.4, 0.5) is 4.79 Å². The van der Waals surface area contributed by atoms with Crippen molar-refractivity contribution in [1.29, 1.82) is 0 Å². The molecule has 2 aliphatic rings. The summed E-state index contributed by atoms with van der Waals surface area (Å²) in [6.07, 6.45) is 2.86. The summed E-state index contributed by atoms with van der Waals surface area (Å²) < 4.78 is 5.58. The first-order valence-electron chi connectivity index (χ1n) is 6.30. The van der Waals surface area contributed by atoms with Gasteiger partial charge in [-0.15, -0.1) is 0 Å². The Morgan fingerprint density at radius 3 is 2.75 bits per heavy atom. The maximum absolute atomic E-state index is 11.7. The van der Waals surface area contributed by atoms with Crippen molar-refractivity contribution in [2.24, 2.45) is 5.92 Å². The monoisotopic (exact) mass is 226 g/mol. The molecule has 92 valence electrons. The average molecular weight is 226 g/mol. The molecule has 0 unspecified atom stereocenters. The van der Waals surface area contributed by atoms with Crippen molar-refractivity contribution in [2.45, 2.75) is 38.7 Å². The molecule has 0 aromatic carbocycles. The summed E-state index contributed by atoms with van der Waals surface area (Å²) in [4.78, 5) is 13.6. The lowest BCUT2D eigenvalue weighted by Gasteiger charge is -2.31. The van der Waals surface area contributed by atoms with Gasteiger partial charge in [0, 0.05) is 19.4 Å². The summed E-state index contributed by atoms with van der Waals surface area (Å²) in [6.45, 7) is 7.92. The topological polar surface area (TPSA) is 41.6 Å². The zero-order valence-corrected chi connectivity index (χ0v) is 10.3. The minimum Gasteiger partial charge on any atom is -0.441 e. The predicted molar refractivity (Wildman–Crippen MR) is 62.3 cm³/mol. The Labute approximate surface area is 97.3 Å². The minimum absolute atomic E-state index is 0.109. The molecular weight excluding hydrogens is 204 g/mol. The Hall–Kier alpha value is -0.770. The highest BCUT2D eigenvalue weighted by molar-refractivity contribution is 5.70. The molecule has 2 aliphatic heterocycles. The first-order valence-corrected chi connectivity index (χ1v) is 6.30. The van der Waals surface area contributed by atoms with E-state index in [0.717, 1.165) is 45.4 Å². The van der Waals surface area contributed by atoms with Gasteiger partial charge in [-0.25, -0.2) is 4.79 Å². The fourth-order valence-corrected chi connectivity index (χ4v) is 2.42. The van der Waals surface area contributed by atoms with E-state index in [9.17, 15) is 4.79 Å². The molecule has 2 heterocycles. The number of hydrogen-bond donors (Lipinski definition) is 1. The fraction of sp³-hybridized carbons (Fsp3) is 0.917. The molecule has 0 radical (unpaired) electrons. The van der Waals surface area contributed by atoms with Gasteiger partial charge in [-0.1, -0.05) is 13.8 Å². The van der Waals surface area contributed by atoms with Crippen molar-refractivity contribution < 1.29 is 9.53 Å². The number of piperidine rings is 1. The molecule has 2 fully saturated rings. The van der Waals surface area contributed by atoms with E-state index in [1.807, 2.05) is 4.90 Å². The van der Waals surface area contributed by atoms with E-state index in [2.05, 4.69) is 19.2 Å². The number of rotatable bonds is 3. The number of hydrogen-bond acceptors (Lipinski definition) is 3. The Bertz CT molecular complexity index is 260. The van der Waals surface area contributed by atoms with Gasteiger partial charge in [-0.3, -0.25) is 0 Å². The van der Waals surface area contributed by atoms with Crippen molar-refractivity contribution in [3.05, 3.63) is 0 Å². The molecule has 1 spiro atoms. The van der Waals surface area contributed by atoms with Gasteiger partial charge in [0.05, 0.1) is 6.54 Å². The lowest BCUT2D eigenvalue weighted by molar-refractivity contribution is 0.0316. The van der Waals surface area contributed by atoms with Gasteiger partial charge < -0.3 is 15.0 Å².